The molecule has 0 aromatic heterocycles. The maximum absolute atomic E-state index is 13.0. The Kier molecular flexibility index (Phi) is 7.29. The lowest BCUT2D eigenvalue weighted by Crippen LogP contribution is -2.45. The summed E-state index contributed by atoms with van der Waals surface area (Å²) in [6.07, 6.45) is 4.72. The molecule has 150 valence electrons. The van der Waals surface area contributed by atoms with Gasteiger partial charge in [-0.15, -0.1) is 12.4 Å². The van der Waals surface area contributed by atoms with Gasteiger partial charge in [0.2, 0.25) is 5.91 Å². The molecule has 0 bridgehead atoms. The largest absolute Gasteiger partial charge is 0.338 e. The van der Waals surface area contributed by atoms with Crippen LogP contribution in [0, 0.1) is 11.3 Å². The summed E-state index contributed by atoms with van der Waals surface area (Å²) in [6.45, 7) is 8.26. The number of carbonyl (C=O) groups excluding carboxylic acids is 2. The molecule has 6 heteroatoms. The van der Waals surface area contributed by atoms with Crippen molar-refractivity contribution in [3.05, 3.63) is 29.8 Å². The second-order valence-corrected chi connectivity index (χ2v) is 8.67. The number of piperidine rings is 1. The van der Waals surface area contributed by atoms with Gasteiger partial charge in [-0.1, -0.05) is 32.9 Å². The second-order valence-electron chi connectivity index (χ2n) is 8.67. The first-order chi connectivity index (χ1) is 12.3. The molecule has 0 atom stereocenters. The summed E-state index contributed by atoms with van der Waals surface area (Å²) >= 11 is 0. The van der Waals surface area contributed by atoms with Crippen molar-refractivity contribution >= 4 is 29.9 Å². The molecule has 1 aromatic carbocycles. The summed E-state index contributed by atoms with van der Waals surface area (Å²) in [5, 5.41) is 6.56. The van der Waals surface area contributed by atoms with Gasteiger partial charge in [-0.2, -0.15) is 0 Å². The molecule has 0 radical (unpaired) electrons. The molecule has 27 heavy (non-hydrogen) atoms. The zero-order valence-corrected chi connectivity index (χ0v) is 17.4. The number of nitrogens with zero attached hydrogens (tertiary/aromatic N) is 1. The minimum atomic E-state index is -0.498. The van der Waals surface area contributed by atoms with Crippen LogP contribution in [0.15, 0.2) is 24.3 Å². The van der Waals surface area contributed by atoms with Gasteiger partial charge in [-0.05, 0) is 50.3 Å². The smallest absolute Gasteiger partial charge is 0.255 e. The maximum Gasteiger partial charge on any atom is 0.255 e. The number of hydrogen-bond donors (Lipinski definition) is 2. The normalized spacial score (nSPS) is 18.0. The zero-order chi connectivity index (χ0) is 18.7. The summed E-state index contributed by atoms with van der Waals surface area (Å²) in [7, 11) is 0. The van der Waals surface area contributed by atoms with Gasteiger partial charge >= 0.3 is 0 Å². The molecule has 1 saturated heterocycles. The number of para-hydroxylation sites is 1. The van der Waals surface area contributed by atoms with E-state index in [2.05, 4.69) is 10.6 Å². The van der Waals surface area contributed by atoms with E-state index in [4.69, 9.17) is 0 Å². The van der Waals surface area contributed by atoms with E-state index in [1.54, 1.807) is 12.1 Å². The van der Waals surface area contributed by atoms with Crippen LogP contribution < -0.4 is 10.6 Å². The molecule has 0 unspecified atom stereocenters. The Morgan fingerprint density at radius 2 is 1.70 bits per heavy atom. The number of rotatable bonds is 5. The van der Waals surface area contributed by atoms with Gasteiger partial charge in [-0.3, -0.25) is 9.59 Å². The van der Waals surface area contributed by atoms with Crippen LogP contribution >= 0.6 is 12.4 Å². The molecule has 2 N–H and O–H groups in total. The third-order valence-corrected chi connectivity index (χ3v) is 5.26. The van der Waals surface area contributed by atoms with Crippen LogP contribution in [-0.2, 0) is 4.79 Å². The highest BCUT2D eigenvalue weighted by Gasteiger charge is 2.28. The maximum atomic E-state index is 13.0. The number of nitrogens with one attached hydrogen (secondary N) is 2. The minimum Gasteiger partial charge on any atom is -0.338 e. The predicted octanol–water partition coefficient (Wildman–Crippen LogP) is 3.70. The molecule has 1 aliphatic carbocycles. The Labute approximate surface area is 168 Å². The fourth-order valence-corrected chi connectivity index (χ4v) is 3.20. The number of likely N-dealkylation sites (tertiary alicyclic amines) is 1. The van der Waals surface area contributed by atoms with Crippen LogP contribution in [0.5, 0.6) is 0 Å². The third kappa shape index (κ3) is 5.94. The monoisotopic (exact) mass is 393 g/mol. The summed E-state index contributed by atoms with van der Waals surface area (Å²) in [5.41, 5.74) is 0.683. The lowest BCUT2D eigenvalue weighted by Gasteiger charge is -2.33. The van der Waals surface area contributed by atoms with Crippen molar-refractivity contribution < 1.29 is 9.59 Å². The average Bonchev–Trinajstić information content (AvgIpc) is 3.44. The Morgan fingerprint density at radius 3 is 2.30 bits per heavy atom. The van der Waals surface area contributed by atoms with Crippen LogP contribution in [0.3, 0.4) is 0 Å². The van der Waals surface area contributed by atoms with E-state index < -0.39 is 5.41 Å². The van der Waals surface area contributed by atoms with Gasteiger partial charge in [0.15, 0.2) is 0 Å². The van der Waals surface area contributed by atoms with Gasteiger partial charge in [0.1, 0.15) is 0 Å². The van der Waals surface area contributed by atoms with E-state index in [1.807, 2.05) is 37.8 Å². The first kappa shape index (κ1) is 21.7. The highest BCUT2D eigenvalue weighted by Crippen LogP contribution is 2.28. The molecule has 1 aliphatic heterocycles. The number of benzene rings is 1. The molecule has 0 spiro atoms. The van der Waals surface area contributed by atoms with Crippen LogP contribution in [0.4, 0.5) is 5.69 Å². The molecule has 2 fully saturated rings. The highest BCUT2D eigenvalue weighted by molar-refractivity contribution is 6.04. The Morgan fingerprint density at radius 1 is 1.07 bits per heavy atom. The lowest BCUT2D eigenvalue weighted by atomic mass is 9.95. The van der Waals surface area contributed by atoms with Crippen molar-refractivity contribution in [1.82, 2.24) is 10.2 Å². The standard InChI is InChI=1S/C21H31N3O2.ClH/c1-21(2,3)20(26)23-18-7-5-4-6-17(18)19(25)24-12-10-16(11-13-24)22-14-15-8-9-15;/h4-7,15-16,22H,8-14H2,1-3H3,(H,23,26);1H. The van der Waals surface area contributed by atoms with Crippen molar-refractivity contribution in [2.45, 2.75) is 52.5 Å². The molecule has 1 aromatic rings. The summed E-state index contributed by atoms with van der Waals surface area (Å²) in [4.78, 5) is 27.2. The fraction of sp³-hybridized carbons (Fsp3) is 0.619. The van der Waals surface area contributed by atoms with Crippen molar-refractivity contribution in [2.75, 3.05) is 25.0 Å². The minimum absolute atomic E-state index is 0. The summed E-state index contributed by atoms with van der Waals surface area (Å²) in [6, 6.07) is 7.83. The molecular formula is C21H32ClN3O2. The van der Waals surface area contributed by atoms with E-state index in [9.17, 15) is 9.59 Å². The molecular weight excluding hydrogens is 362 g/mol. The number of hydrogen-bond acceptors (Lipinski definition) is 3. The third-order valence-electron chi connectivity index (χ3n) is 5.26. The summed E-state index contributed by atoms with van der Waals surface area (Å²) < 4.78 is 0. The Bertz CT molecular complexity index is 660. The molecule has 1 heterocycles. The average molecular weight is 394 g/mol. The molecule has 1 saturated carbocycles. The summed E-state index contributed by atoms with van der Waals surface area (Å²) in [5.74, 6) is 0.809. The second kappa shape index (κ2) is 9.07. The van der Waals surface area contributed by atoms with Crippen molar-refractivity contribution in [2.24, 2.45) is 11.3 Å². The van der Waals surface area contributed by atoms with Crippen LogP contribution in [-0.4, -0.2) is 42.4 Å². The Hall–Kier alpha value is -1.59. The van der Waals surface area contributed by atoms with Gasteiger partial charge in [0, 0.05) is 24.5 Å². The van der Waals surface area contributed by atoms with Crippen molar-refractivity contribution in [3.63, 3.8) is 0 Å². The van der Waals surface area contributed by atoms with Gasteiger partial charge in [0.25, 0.3) is 5.91 Å². The van der Waals surface area contributed by atoms with Crippen LogP contribution in [0.2, 0.25) is 0 Å². The molecule has 2 amide bonds. The SMILES string of the molecule is CC(C)(C)C(=O)Nc1ccccc1C(=O)N1CCC(NCC2CC2)CC1.Cl. The molecule has 3 rings (SSSR count). The highest BCUT2D eigenvalue weighted by atomic mass is 35.5. The van der Waals surface area contributed by atoms with Crippen LogP contribution in [0.25, 0.3) is 0 Å². The van der Waals surface area contributed by atoms with E-state index in [-0.39, 0.29) is 24.2 Å². The van der Waals surface area contributed by atoms with E-state index in [0.717, 1.165) is 38.4 Å². The topological polar surface area (TPSA) is 61.4 Å². The van der Waals surface area contributed by atoms with E-state index >= 15 is 0 Å². The van der Waals surface area contributed by atoms with Gasteiger partial charge in [-0.25, -0.2) is 0 Å². The first-order valence-corrected chi connectivity index (χ1v) is 9.78. The number of carbonyl (C=O) groups is 2. The van der Waals surface area contributed by atoms with E-state index in [1.165, 1.54) is 12.8 Å². The molecule has 5 nitrogen and oxygen atoms in total. The van der Waals surface area contributed by atoms with Crippen molar-refractivity contribution in [3.8, 4) is 0 Å². The number of halogens is 1. The van der Waals surface area contributed by atoms with Gasteiger partial charge < -0.3 is 15.5 Å². The Balaban J connectivity index is 0.00000261. The predicted molar refractivity (Wildman–Crippen MR) is 111 cm³/mol. The number of anilines is 1. The van der Waals surface area contributed by atoms with E-state index in [0.29, 0.717) is 17.3 Å². The van der Waals surface area contributed by atoms with Crippen LogP contribution in [0.1, 0.15) is 56.8 Å². The fourth-order valence-electron chi connectivity index (χ4n) is 3.20. The molecule has 2 aliphatic rings. The quantitative estimate of drug-likeness (QED) is 0.801. The first-order valence-electron chi connectivity index (χ1n) is 9.78. The van der Waals surface area contributed by atoms with Gasteiger partial charge in [0.05, 0.1) is 11.3 Å². The zero-order valence-electron chi connectivity index (χ0n) is 16.6. The number of amides is 2. The lowest BCUT2D eigenvalue weighted by molar-refractivity contribution is -0.123. The van der Waals surface area contributed by atoms with Crippen molar-refractivity contribution in [1.29, 1.82) is 0 Å².